The second kappa shape index (κ2) is 10.3. The monoisotopic (exact) mass is 732 g/mol. The summed E-state index contributed by atoms with van der Waals surface area (Å²) in [5.41, 5.74) is -8.69. The van der Waals surface area contributed by atoms with E-state index in [1.165, 1.54) is 27.7 Å². The van der Waals surface area contributed by atoms with Crippen molar-refractivity contribution in [1.82, 2.24) is 0 Å². The summed E-state index contributed by atoms with van der Waals surface area (Å²) in [6, 6.07) is 0. The SMILES string of the molecule is CC(=O)OC1C(=O)[C@@]2(O)C[C@@H]3O[C@@H]3[C@H](OC(C)=O)[C@]2(C)C2C1[C@@H]1[C@@H](OC(C)=O)[C@@H]3[C@H]([C@H](C)[C@H]4O[C@]45OC(=O)[C@@](C)(O)[C@]35C)[C@@]1(C)[C@@H](OC(C)=O)C2C. The molecule has 15 nitrogen and oxygen atoms in total. The highest BCUT2D eigenvalue weighted by atomic mass is 16.8. The van der Waals surface area contributed by atoms with E-state index in [4.69, 9.17) is 33.2 Å². The zero-order valence-corrected chi connectivity index (χ0v) is 31.0. The number of esters is 5. The van der Waals surface area contributed by atoms with Gasteiger partial charge in [-0.05, 0) is 37.5 Å². The molecule has 3 heterocycles. The van der Waals surface area contributed by atoms with Crippen LogP contribution in [0.5, 0.6) is 0 Å². The van der Waals surface area contributed by atoms with E-state index in [2.05, 4.69) is 0 Å². The van der Waals surface area contributed by atoms with Gasteiger partial charge in [-0.3, -0.25) is 24.0 Å². The molecule has 15 heteroatoms. The molecular weight excluding hydrogens is 684 g/mol. The third-order valence-electron chi connectivity index (χ3n) is 15.5. The van der Waals surface area contributed by atoms with E-state index in [0.29, 0.717) is 0 Å². The summed E-state index contributed by atoms with van der Waals surface area (Å²) < 4.78 is 42.7. The fraction of sp³-hybridized carbons (Fsp3) is 0.838. The summed E-state index contributed by atoms with van der Waals surface area (Å²) in [4.78, 5) is 80.6. The molecule has 0 radical (unpaired) electrons. The van der Waals surface area contributed by atoms with E-state index in [1.54, 1.807) is 13.8 Å². The van der Waals surface area contributed by atoms with Crippen LogP contribution in [-0.2, 0) is 61.9 Å². The molecule has 0 aromatic rings. The Morgan fingerprint density at radius 1 is 0.750 bits per heavy atom. The Balaban J connectivity index is 1.43. The van der Waals surface area contributed by atoms with Crippen molar-refractivity contribution in [2.75, 3.05) is 0 Å². The van der Waals surface area contributed by atoms with E-state index in [0.717, 1.165) is 6.92 Å². The Morgan fingerprint density at radius 2 is 1.33 bits per heavy atom. The summed E-state index contributed by atoms with van der Waals surface area (Å²) >= 11 is 0. The van der Waals surface area contributed by atoms with Crippen molar-refractivity contribution in [2.24, 2.45) is 57.7 Å². The van der Waals surface area contributed by atoms with Gasteiger partial charge in [-0.2, -0.15) is 0 Å². The van der Waals surface area contributed by atoms with Crippen LogP contribution >= 0.6 is 0 Å². The highest BCUT2D eigenvalue weighted by Crippen LogP contribution is 2.81. The van der Waals surface area contributed by atoms with Gasteiger partial charge >= 0.3 is 29.8 Å². The first kappa shape index (κ1) is 35.9. The Bertz CT molecular complexity index is 1710. The molecule has 20 atom stereocenters. The molecule has 0 aromatic heterocycles. The van der Waals surface area contributed by atoms with Crippen LogP contribution in [0, 0.1) is 57.7 Å². The molecule has 8 rings (SSSR count). The van der Waals surface area contributed by atoms with Gasteiger partial charge < -0.3 is 43.4 Å². The Kier molecular flexibility index (Phi) is 7.13. The average Bonchev–Trinajstić information content (AvgIpc) is 3.92. The lowest BCUT2D eigenvalue weighted by Crippen LogP contribution is -2.79. The number of epoxide rings is 2. The van der Waals surface area contributed by atoms with E-state index in [1.807, 2.05) is 20.8 Å². The zero-order chi connectivity index (χ0) is 38.2. The first-order valence-corrected chi connectivity index (χ1v) is 18.2. The summed E-state index contributed by atoms with van der Waals surface area (Å²) in [7, 11) is 0. The third kappa shape index (κ3) is 3.81. The van der Waals surface area contributed by atoms with Gasteiger partial charge in [0.15, 0.2) is 11.7 Å². The van der Waals surface area contributed by atoms with Crippen LogP contribution in [0.2, 0.25) is 0 Å². The second-order valence-electron chi connectivity index (χ2n) is 17.6. The van der Waals surface area contributed by atoms with Crippen molar-refractivity contribution in [2.45, 2.75) is 135 Å². The van der Waals surface area contributed by atoms with Gasteiger partial charge in [0, 0.05) is 62.7 Å². The van der Waals surface area contributed by atoms with E-state index >= 15 is 4.79 Å². The largest absolute Gasteiger partial charge is 0.462 e. The lowest BCUT2D eigenvalue weighted by atomic mass is 9.38. The number of fused-ring (bicyclic) bond motifs is 9. The molecule has 0 amide bonds. The maximum absolute atomic E-state index is 15.0. The van der Waals surface area contributed by atoms with Gasteiger partial charge in [0.2, 0.25) is 11.6 Å². The number of aliphatic hydroxyl groups is 2. The van der Waals surface area contributed by atoms with Crippen molar-refractivity contribution in [1.29, 1.82) is 0 Å². The molecule has 8 aliphatic rings. The topological polar surface area (TPSA) is 214 Å². The smallest absolute Gasteiger partial charge is 0.341 e. The number of carbonyl (C=O) groups excluding carboxylic acids is 6. The van der Waals surface area contributed by atoms with Gasteiger partial charge in [0.25, 0.3) is 0 Å². The first-order chi connectivity index (χ1) is 24.0. The molecule has 3 aliphatic heterocycles. The molecule has 5 aliphatic carbocycles. The predicted octanol–water partition coefficient (Wildman–Crippen LogP) is 1.01. The minimum atomic E-state index is -2.23. The van der Waals surface area contributed by atoms with Crippen molar-refractivity contribution in [3.05, 3.63) is 0 Å². The molecule has 1 spiro atoms. The fourth-order valence-electron chi connectivity index (χ4n) is 13.7. The maximum atomic E-state index is 15.0. The van der Waals surface area contributed by atoms with Crippen molar-refractivity contribution in [3.8, 4) is 0 Å². The molecule has 0 bridgehead atoms. The molecule has 3 saturated heterocycles. The average molecular weight is 733 g/mol. The molecule has 4 unspecified atom stereocenters. The number of Topliss-reactive ketones (excluding diaryl/α,β-unsaturated/α-hetero) is 1. The first-order valence-electron chi connectivity index (χ1n) is 18.2. The van der Waals surface area contributed by atoms with Gasteiger partial charge in [0.1, 0.15) is 36.1 Å². The van der Waals surface area contributed by atoms with E-state index in [-0.39, 0.29) is 6.42 Å². The van der Waals surface area contributed by atoms with E-state index < -0.39 is 153 Å². The third-order valence-corrected chi connectivity index (χ3v) is 15.5. The molecule has 8 fully saturated rings. The quantitative estimate of drug-likeness (QED) is 0.235. The minimum Gasteiger partial charge on any atom is -0.462 e. The number of carbonyl (C=O) groups is 6. The normalized spacial score (nSPS) is 57.2. The summed E-state index contributed by atoms with van der Waals surface area (Å²) in [6.45, 7) is 15.2. The summed E-state index contributed by atoms with van der Waals surface area (Å²) in [5, 5.41) is 24.9. The highest BCUT2D eigenvalue weighted by Gasteiger charge is 2.93. The summed E-state index contributed by atoms with van der Waals surface area (Å²) in [6.07, 6.45) is -6.98. The van der Waals surface area contributed by atoms with Crippen LogP contribution in [-0.4, -0.2) is 106 Å². The molecule has 286 valence electrons. The van der Waals surface area contributed by atoms with Crippen LogP contribution in [0.15, 0.2) is 0 Å². The van der Waals surface area contributed by atoms with Crippen LogP contribution in [0.3, 0.4) is 0 Å². The number of hydrogen-bond donors (Lipinski definition) is 2. The highest BCUT2D eigenvalue weighted by molar-refractivity contribution is 5.95. The Hall–Kier alpha value is -3.14. The molecule has 52 heavy (non-hydrogen) atoms. The number of ether oxygens (including phenoxy) is 7. The molecule has 2 N–H and O–H groups in total. The van der Waals surface area contributed by atoms with Crippen LogP contribution in [0.4, 0.5) is 0 Å². The van der Waals surface area contributed by atoms with Crippen LogP contribution in [0.25, 0.3) is 0 Å². The zero-order valence-electron chi connectivity index (χ0n) is 31.0. The predicted molar refractivity (Wildman–Crippen MR) is 170 cm³/mol. The van der Waals surface area contributed by atoms with Crippen LogP contribution < -0.4 is 0 Å². The van der Waals surface area contributed by atoms with Crippen molar-refractivity contribution in [3.63, 3.8) is 0 Å². The van der Waals surface area contributed by atoms with E-state index in [9.17, 15) is 34.2 Å². The van der Waals surface area contributed by atoms with Gasteiger partial charge in [0.05, 0.1) is 11.5 Å². The lowest BCUT2D eigenvalue weighted by molar-refractivity contribution is -0.284. The molecule has 5 saturated carbocycles. The van der Waals surface area contributed by atoms with Crippen molar-refractivity contribution < 1.29 is 72.1 Å². The number of hydrogen-bond acceptors (Lipinski definition) is 15. The second-order valence-corrected chi connectivity index (χ2v) is 17.6. The fourth-order valence-corrected chi connectivity index (χ4v) is 13.7. The van der Waals surface area contributed by atoms with Crippen molar-refractivity contribution >= 4 is 35.6 Å². The van der Waals surface area contributed by atoms with Gasteiger partial charge in [-0.15, -0.1) is 0 Å². The number of ketones is 1. The van der Waals surface area contributed by atoms with Gasteiger partial charge in [-0.25, -0.2) is 4.79 Å². The maximum Gasteiger partial charge on any atom is 0.341 e. The molecular formula is C37H48O15. The lowest BCUT2D eigenvalue weighted by Gasteiger charge is -2.67. The number of rotatable bonds is 4. The Morgan fingerprint density at radius 3 is 1.90 bits per heavy atom. The standard InChI is InChI=1S/C37H48O15/c1-12-20-19(25(46-14(3)38)27(42)36(45)11-18-24(50-18)30(33(20,36)8)49-17(6)41)22-26(47-15(4)39)23-21(32(22,7)28(12)48-16(5)40)13(2)29-37(51-29)34(23,9)35(10,44)31(43)52-37/h12-13,18-26,28-30,44-45H,11H2,1-10H3/t12?,13-,18-,19?,20?,21-,22+,23-,24-,25?,26+,28-,29+,30-,32+,33-,34-,35+,36-,37-/m0/s1. The van der Waals surface area contributed by atoms with Gasteiger partial charge in [-0.1, -0.05) is 27.7 Å². The summed E-state index contributed by atoms with van der Waals surface area (Å²) in [5.74, 6) is -11.5. The molecule has 0 aromatic carbocycles. The Labute approximate surface area is 300 Å². The minimum absolute atomic E-state index is 0.157. The van der Waals surface area contributed by atoms with Crippen LogP contribution in [0.1, 0.15) is 75.7 Å².